The van der Waals surface area contributed by atoms with E-state index < -0.39 is 0 Å². The second-order valence-electron chi connectivity index (χ2n) is 7.23. The van der Waals surface area contributed by atoms with Crippen molar-refractivity contribution in [3.8, 4) is 0 Å². The van der Waals surface area contributed by atoms with Gasteiger partial charge in [-0.25, -0.2) is 0 Å². The van der Waals surface area contributed by atoms with Gasteiger partial charge < -0.3 is 5.32 Å². The molecule has 2 aromatic carbocycles. The van der Waals surface area contributed by atoms with Crippen LogP contribution in [0.4, 0.5) is 0 Å². The third kappa shape index (κ3) is 4.80. The summed E-state index contributed by atoms with van der Waals surface area (Å²) >= 11 is 1.93. The van der Waals surface area contributed by atoms with E-state index in [9.17, 15) is 4.79 Å². The monoisotopic (exact) mass is 403 g/mol. The Hall–Kier alpha value is -2.79. The van der Waals surface area contributed by atoms with Crippen LogP contribution in [-0.2, 0) is 23.5 Å². The molecule has 0 spiro atoms. The highest BCUT2D eigenvalue weighted by Gasteiger charge is 2.20. The van der Waals surface area contributed by atoms with Gasteiger partial charge in [0.2, 0.25) is 5.91 Å². The van der Waals surface area contributed by atoms with E-state index in [1.165, 1.54) is 16.8 Å². The molecule has 0 radical (unpaired) electrons. The van der Waals surface area contributed by atoms with E-state index in [0.29, 0.717) is 0 Å². The third-order valence-corrected chi connectivity index (χ3v) is 6.14. The topological polar surface area (TPSA) is 46.9 Å². The molecule has 4 rings (SSSR count). The number of rotatable bonds is 6. The fourth-order valence-electron chi connectivity index (χ4n) is 3.60. The molecule has 1 amide bonds. The van der Waals surface area contributed by atoms with Gasteiger partial charge in [0.15, 0.2) is 0 Å². The molecule has 148 valence electrons. The fourth-order valence-corrected chi connectivity index (χ4v) is 4.60. The Morgan fingerprint density at radius 2 is 1.90 bits per heavy atom. The van der Waals surface area contributed by atoms with Gasteiger partial charge in [0.1, 0.15) is 0 Å². The normalized spacial score (nSPS) is 14.5. The van der Waals surface area contributed by atoms with E-state index in [1.807, 2.05) is 61.2 Å². The minimum atomic E-state index is -0.101. The van der Waals surface area contributed by atoms with Crippen molar-refractivity contribution in [2.45, 2.75) is 31.7 Å². The molecule has 1 N–H and O–H groups in total. The van der Waals surface area contributed by atoms with Gasteiger partial charge in [-0.15, -0.1) is 0 Å². The Labute approximate surface area is 176 Å². The number of aromatic nitrogens is 2. The number of hydrogen-bond acceptors (Lipinski definition) is 3. The van der Waals surface area contributed by atoms with Crippen LogP contribution in [-0.4, -0.2) is 21.4 Å². The zero-order valence-electron chi connectivity index (χ0n) is 16.5. The van der Waals surface area contributed by atoms with Gasteiger partial charge in [-0.1, -0.05) is 60.7 Å². The van der Waals surface area contributed by atoms with Crippen molar-refractivity contribution in [2.24, 2.45) is 0 Å². The van der Waals surface area contributed by atoms with Crippen LogP contribution in [0.15, 0.2) is 66.7 Å². The van der Waals surface area contributed by atoms with Crippen molar-refractivity contribution in [1.82, 2.24) is 15.1 Å². The molecule has 1 aliphatic rings. The van der Waals surface area contributed by atoms with Crippen molar-refractivity contribution in [1.29, 1.82) is 0 Å². The second kappa shape index (κ2) is 9.14. The quantitative estimate of drug-likeness (QED) is 0.612. The van der Waals surface area contributed by atoms with Crippen molar-refractivity contribution >= 4 is 23.7 Å². The number of thioether (sulfide) groups is 1. The Morgan fingerprint density at radius 3 is 2.66 bits per heavy atom. The lowest BCUT2D eigenvalue weighted by Crippen LogP contribution is -2.24. The Balaban J connectivity index is 1.50. The molecule has 1 aliphatic heterocycles. The summed E-state index contributed by atoms with van der Waals surface area (Å²) in [5.41, 5.74) is 5.80. The van der Waals surface area contributed by atoms with Crippen LogP contribution < -0.4 is 5.32 Å². The van der Waals surface area contributed by atoms with Crippen LogP contribution in [0.1, 0.15) is 41.0 Å². The van der Waals surface area contributed by atoms with Crippen molar-refractivity contribution in [3.63, 3.8) is 0 Å². The van der Waals surface area contributed by atoms with Gasteiger partial charge in [0.25, 0.3) is 0 Å². The van der Waals surface area contributed by atoms with Gasteiger partial charge in [0, 0.05) is 23.1 Å². The van der Waals surface area contributed by atoms with Gasteiger partial charge >= 0.3 is 0 Å². The van der Waals surface area contributed by atoms with Crippen molar-refractivity contribution in [2.75, 3.05) is 5.75 Å². The predicted octanol–water partition coefficient (Wildman–Crippen LogP) is 4.61. The molecule has 1 atom stereocenters. The first-order valence-corrected chi connectivity index (χ1v) is 11.1. The molecule has 29 heavy (non-hydrogen) atoms. The van der Waals surface area contributed by atoms with E-state index in [2.05, 4.69) is 34.3 Å². The highest BCUT2D eigenvalue weighted by molar-refractivity contribution is 7.98. The Bertz CT molecular complexity index is 996. The zero-order valence-corrected chi connectivity index (χ0v) is 17.4. The lowest BCUT2D eigenvalue weighted by Gasteiger charge is -2.14. The number of fused-ring (bicyclic) bond motifs is 1. The van der Waals surface area contributed by atoms with Crippen LogP contribution >= 0.6 is 11.8 Å². The lowest BCUT2D eigenvalue weighted by molar-refractivity contribution is -0.117. The molecule has 2 heterocycles. The number of nitrogens with one attached hydrogen (secondary N) is 1. The van der Waals surface area contributed by atoms with Crippen LogP contribution in [0, 0.1) is 0 Å². The molecular formula is C24H25N3OS. The van der Waals surface area contributed by atoms with Gasteiger partial charge in [0.05, 0.1) is 18.3 Å². The smallest absolute Gasteiger partial charge is 0.244 e. The van der Waals surface area contributed by atoms with E-state index in [0.717, 1.165) is 35.7 Å². The highest BCUT2D eigenvalue weighted by atomic mass is 32.2. The van der Waals surface area contributed by atoms with E-state index in [1.54, 1.807) is 6.08 Å². The summed E-state index contributed by atoms with van der Waals surface area (Å²) in [6, 6.07) is 20.3. The van der Waals surface area contributed by atoms with Crippen molar-refractivity contribution < 1.29 is 4.79 Å². The average molecular weight is 404 g/mol. The molecule has 0 aliphatic carbocycles. The zero-order chi connectivity index (χ0) is 20.1. The van der Waals surface area contributed by atoms with Gasteiger partial charge in [-0.2, -0.15) is 16.9 Å². The molecule has 0 saturated heterocycles. The number of nitrogens with zero attached hydrogens (tertiary/aromatic N) is 2. The number of carbonyl (C=O) groups is 1. The van der Waals surface area contributed by atoms with E-state index in [4.69, 9.17) is 5.10 Å². The molecule has 0 bridgehead atoms. The Kier molecular flexibility index (Phi) is 6.15. The fraction of sp³-hybridized carbons (Fsp3) is 0.250. The van der Waals surface area contributed by atoms with E-state index in [-0.39, 0.29) is 11.9 Å². The molecule has 4 nitrogen and oxygen atoms in total. The average Bonchev–Trinajstić information content (AvgIpc) is 3.11. The first kappa shape index (κ1) is 19.5. The second-order valence-corrected chi connectivity index (χ2v) is 8.34. The first-order chi connectivity index (χ1) is 14.2. The summed E-state index contributed by atoms with van der Waals surface area (Å²) in [4.78, 5) is 12.4. The summed E-state index contributed by atoms with van der Waals surface area (Å²) < 4.78 is 2.11. The highest BCUT2D eigenvalue weighted by Crippen LogP contribution is 2.28. The molecule has 3 aromatic rings. The molecular weight excluding hydrogens is 378 g/mol. The molecule has 0 saturated carbocycles. The van der Waals surface area contributed by atoms with Crippen LogP contribution in [0.2, 0.25) is 0 Å². The number of hydrogen-bond donors (Lipinski definition) is 1. The third-order valence-electron chi connectivity index (χ3n) is 5.15. The maximum absolute atomic E-state index is 12.4. The molecule has 0 fully saturated rings. The van der Waals surface area contributed by atoms with Crippen molar-refractivity contribution in [3.05, 3.63) is 94.8 Å². The predicted molar refractivity (Wildman–Crippen MR) is 120 cm³/mol. The molecule has 0 unspecified atom stereocenters. The first-order valence-electron chi connectivity index (χ1n) is 9.94. The summed E-state index contributed by atoms with van der Waals surface area (Å²) in [5.74, 6) is 1.97. The minimum Gasteiger partial charge on any atom is -0.346 e. The maximum atomic E-state index is 12.4. The summed E-state index contributed by atoms with van der Waals surface area (Å²) in [6.45, 7) is 2.76. The van der Waals surface area contributed by atoms with Crippen LogP contribution in [0.3, 0.4) is 0 Å². The molecule has 1 aromatic heterocycles. The minimum absolute atomic E-state index is 0.0338. The SMILES string of the molecule is C[C@H](NC(=O)C=Cc1nn(Cc2ccccc2)c2c1CSCC2)c1ccccc1. The number of benzene rings is 2. The Morgan fingerprint density at radius 1 is 1.17 bits per heavy atom. The number of amides is 1. The lowest BCUT2D eigenvalue weighted by atomic mass is 10.1. The van der Waals surface area contributed by atoms with Gasteiger partial charge in [-0.3, -0.25) is 9.48 Å². The summed E-state index contributed by atoms with van der Waals surface area (Å²) in [6.07, 6.45) is 4.48. The van der Waals surface area contributed by atoms with Crippen LogP contribution in [0.25, 0.3) is 6.08 Å². The molecule has 5 heteroatoms. The standard InChI is InChI=1S/C24H25N3OS/c1-18(20-10-6-3-7-11-20)25-24(28)13-12-22-21-17-29-15-14-23(21)27(26-22)16-19-8-4-2-5-9-19/h2-13,18H,14-17H2,1H3,(H,25,28)/t18-/m0/s1. The summed E-state index contributed by atoms with van der Waals surface area (Å²) in [5, 5.41) is 7.86. The largest absolute Gasteiger partial charge is 0.346 e. The van der Waals surface area contributed by atoms with E-state index >= 15 is 0 Å². The van der Waals surface area contributed by atoms with Crippen LogP contribution in [0.5, 0.6) is 0 Å². The van der Waals surface area contributed by atoms with Gasteiger partial charge in [-0.05, 0) is 36.3 Å². The number of carbonyl (C=O) groups excluding carboxylic acids is 1. The maximum Gasteiger partial charge on any atom is 0.244 e. The summed E-state index contributed by atoms with van der Waals surface area (Å²) in [7, 11) is 0.